The predicted octanol–water partition coefficient (Wildman–Crippen LogP) is 3.23. The molecule has 1 heteroatoms. The van der Waals surface area contributed by atoms with Crippen LogP contribution >= 0.6 is 0 Å². The summed E-state index contributed by atoms with van der Waals surface area (Å²) in [6, 6.07) is 10.5. The van der Waals surface area contributed by atoms with E-state index in [4.69, 9.17) is 0 Å². The quantitative estimate of drug-likeness (QED) is 0.755. The summed E-state index contributed by atoms with van der Waals surface area (Å²) in [5.41, 5.74) is 1.76. The number of hydrogen-bond donors (Lipinski definition) is 0. The Balaban J connectivity index is 1.59. The lowest BCUT2D eigenvalue weighted by atomic mass is 9.92. The van der Waals surface area contributed by atoms with E-state index >= 15 is 0 Å². The first-order valence-electron chi connectivity index (χ1n) is 6.27. The second-order valence-corrected chi connectivity index (χ2v) is 5.74. The molecule has 0 aromatic heterocycles. The SMILES string of the molecule is CC12CC(CCc3ccccc3)C(=O)C1C2. The normalized spacial score (nSPS) is 36.2. The van der Waals surface area contributed by atoms with Gasteiger partial charge in [-0.05, 0) is 36.7 Å². The van der Waals surface area contributed by atoms with Crippen LogP contribution < -0.4 is 0 Å². The largest absolute Gasteiger partial charge is 0.299 e. The lowest BCUT2D eigenvalue weighted by Crippen LogP contribution is -2.12. The Labute approximate surface area is 96.9 Å². The molecule has 3 unspecified atom stereocenters. The Bertz CT molecular complexity index is 409. The summed E-state index contributed by atoms with van der Waals surface area (Å²) in [6.45, 7) is 2.28. The Morgan fingerprint density at radius 2 is 2.00 bits per heavy atom. The molecule has 0 spiro atoms. The number of fused-ring (bicyclic) bond motifs is 1. The van der Waals surface area contributed by atoms with Gasteiger partial charge in [0.15, 0.2) is 0 Å². The van der Waals surface area contributed by atoms with Crippen molar-refractivity contribution in [2.24, 2.45) is 17.3 Å². The molecule has 2 saturated carbocycles. The molecule has 1 aromatic carbocycles. The molecule has 0 amide bonds. The van der Waals surface area contributed by atoms with Crippen LogP contribution in [-0.2, 0) is 11.2 Å². The van der Waals surface area contributed by atoms with Crippen molar-refractivity contribution in [3.05, 3.63) is 35.9 Å². The highest BCUT2D eigenvalue weighted by atomic mass is 16.1. The molecule has 0 N–H and O–H groups in total. The minimum atomic E-state index is 0.351. The lowest BCUT2D eigenvalue weighted by molar-refractivity contribution is -0.122. The fraction of sp³-hybridized carbons (Fsp3) is 0.533. The third-order valence-electron chi connectivity index (χ3n) is 4.43. The topological polar surface area (TPSA) is 17.1 Å². The zero-order valence-electron chi connectivity index (χ0n) is 9.78. The fourth-order valence-corrected chi connectivity index (χ4v) is 3.25. The van der Waals surface area contributed by atoms with Gasteiger partial charge in [-0.2, -0.15) is 0 Å². The summed E-state index contributed by atoms with van der Waals surface area (Å²) >= 11 is 0. The molecule has 1 nitrogen and oxygen atoms in total. The summed E-state index contributed by atoms with van der Waals surface area (Å²) in [4.78, 5) is 12.0. The maximum Gasteiger partial charge on any atom is 0.139 e. The molecule has 84 valence electrons. The first-order chi connectivity index (χ1) is 7.69. The van der Waals surface area contributed by atoms with Gasteiger partial charge in [0, 0.05) is 11.8 Å². The first-order valence-corrected chi connectivity index (χ1v) is 6.27. The molecular weight excluding hydrogens is 196 g/mol. The van der Waals surface area contributed by atoms with Crippen LogP contribution in [0.25, 0.3) is 0 Å². The number of carbonyl (C=O) groups excluding carboxylic acids is 1. The van der Waals surface area contributed by atoms with E-state index in [1.807, 2.05) is 6.07 Å². The van der Waals surface area contributed by atoms with E-state index in [2.05, 4.69) is 31.2 Å². The Kier molecular flexibility index (Phi) is 2.17. The van der Waals surface area contributed by atoms with Gasteiger partial charge in [-0.25, -0.2) is 0 Å². The van der Waals surface area contributed by atoms with Gasteiger partial charge in [-0.15, -0.1) is 0 Å². The first kappa shape index (κ1) is 10.1. The van der Waals surface area contributed by atoms with E-state index in [0.29, 0.717) is 23.0 Å². The molecular formula is C15H18O. The third kappa shape index (κ3) is 1.59. The summed E-state index contributed by atoms with van der Waals surface area (Å²) in [5, 5.41) is 0. The van der Waals surface area contributed by atoms with Gasteiger partial charge in [-0.1, -0.05) is 37.3 Å². The van der Waals surface area contributed by atoms with Crippen molar-refractivity contribution >= 4 is 5.78 Å². The molecule has 3 atom stereocenters. The number of aryl methyl sites for hydroxylation is 1. The number of Topliss-reactive ketones (excluding diaryl/α,β-unsaturated/α-hetero) is 1. The monoisotopic (exact) mass is 214 g/mol. The molecule has 0 bridgehead atoms. The zero-order chi connectivity index (χ0) is 11.2. The van der Waals surface area contributed by atoms with Crippen molar-refractivity contribution in [1.82, 2.24) is 0 Å². The van der Waals surface area contributed by atoms with Crippen LogP contribution in [0.15, 0.2) is 30.3 Å². The van der Waals surface area contributed by atoms with Crippen LogP contribution in [0, 0.1) is 17.3 Å². The highest BCUT2D eigenvalue weighted by Gasteiger charge is 2.61. The van der Waals surface area contributed by atoms with E-state index in [1.165, 1.54) is 5.56 Å². The summed E-state index contributed by atoms with van der Waals surface area (Å²) in [6.07, 6.45) is 4.41. The molecule has 0 saturated heterocycles. The number of ketones is 1. The number of rotatable bonds is 3. The van der Waals surface area contributed by atoms with E-state index in [9.17, 15) is 4.79 Å². The Morgan fingerprint density at radius 1 is 1.25 bits per heavy atom. The fourth-order valence-electron chi connectivity index (χ4n) is 3.25. The molecule has 1 aromatic rings. The molecule has 0 aliphatic heterocycles. The maximum absolute atomic E-state index is 12.0. The zero-order valence-corrected chi connectivity index (χ0v) is 9.78. The van der Waals surface area contributed by atoms with Crippen LogP contribution in [0.3, 0.4) is 0 Å². The van der Waals surface area contributed by atoms with Crippen molar-refractivity contribution in [2.45, 2.75) is 32.6 Å². The Hall–Kier alpha value is -1.11. The van der Waals surface area contributed by atoms with Crippen LogP contribution in [0.4, 0.5) is 0 Å². The van der Waals surface area contributed by atoms with Gasteiger partial charge in [0.25, 0.3) is 0 Å². The maximum atomic E-state index is 12.0. The van der Waals surface area contributed by atoms with Crippen molar-refractivity contribution in [2.75, 3.05) is 0 Å². The summed E-state index contributed by atoms with van der Waals surface area (Å²) < 4.78 is 0. The second-order valence-electron chi connectivity index (χ2n) is 5.74. The highest BCUT2D eigenvalue weighted by molar-refractivity contribution is 5.89. The highest BCUT2D eigenvalue weighted by Crippen LogP contribution is 2.63. The molecule has 2 aliphatic carbocycles. The number of carbonyl (C=O) groups is 1. The molecule has 3 rings (SSSR count). The molecule has 16 heavy (non-hydrogen) atoms. The molecule has 2 aliphatic rings. The molecule has 2 fully saturated rings. The minimum Gasteiger partial charge on any atom is -0.299 e. The molecule has 0 heterocycles. The summed E-state index contributed by atoms with van der Waals surface area (Å²) in [7, 11) is 0. The van der Waals surface area contributed by atoms with E-state index in [-0.39, 0.29) is 0 Å². The predicted molar refractivity (Wildman–Crippen MR) is 64.1 cm³/mol. The van der Waals surface area contributed by atoms with Crippen molar-refractivity contribution in [3.8, 4) is 0 Å². The average molecular weight is 214 g/mol. The van der Waals surface area contributed by atoms with E-state index in [1.54, 1.807) is 0 Å². The van der Waals surface area contributed by atoms with Crippen LogP contribution in [0.1, 0.15) is 31.7 Å². The van der Waals surface area contributed by atoms with Crippen LogP contribution in [-0.4, -0.2) is 5.78 Å². The van der Waals surface area contributed by atoms with Gasteiger partial charge >= 0.3 is 0 Å². The Morgan fingerprint density at radius 3 is 2.62 bits per heavy atom. The van der Waals surface area contributed by atoms with Crippen molar-refractivity contribution < 1.29 is 4.79 Å². The van der Waals surface area contributed by atoms with Crippen molar-refractivity contribution in [3.63, 3.8) is 0 Å². The lowest BCUT2D eigenvalue weighted by Gasteiger charge is -2.12. The van der Waals surface area contributed by atoms with E-state index in [0.717, 1.165) is 25.7 Å². The van der Waals surface area contributed by atoms with Gasteiger partial charge in [0.1, 0.15) is 5.78 Å². The minimum absolute atomic E-state index is 0.351. The van der Waals surface area contributed by atoms with Gasteiger partial charge in [-0.3, -0.25) is 4.79 Å². The average Bonchev–Trinajstić information content (AvgIpc) is 2.91. The van der Waals surface area contributed by atoms with Gasteiger partial charge in [0.2, 0.25) is 0 Å². The summed E-state index contributed by atoms with van der Waals surface area (Å²) in [5.74, 6) is 1.33. The molecule has 0 radical (unpaired) electrons. The van der Waals surface area contributed by atoms with E-state index < -0.39 is 0 Å². The second kappa shape index (κ2) is 3.44. The number of hydrogen-bond acceptors (Lipinski definition) is 1. The van der Waals surface area contributed by atoms with Crippen molar-refractivity contribution in [1.29, 1.82) is 0 Å². The van der Waals surface area contributed by atoms with Gasteiger partial charge in [0.05, 0.1) is 0 Å². The number of benzene rings is 1. The standard InChI is InChI=1S/C15H18O/c1-15-9-12(14(16)13(15)10-15)8-7-11-5-3-2-4-6-11/h2-6,12-13H,7-10H2,1H3. The smallest absolute Gasteiger partial charge is 0.139 e. The van der Waals surface area contributed by atoms with Crippen LogP contribution in [0.2, 0.25) is 0 Å². The van der Waals surface area contributed by atoms with Crippen LogP contribution in [0.5, 0.6) is 0 Å². The van der Waals surface area contributed by atoms with Gasteiger partial charge < -0.3 is 0 Å². The third-order valence-corrected chi connectivity index (χ3v) is 4.43.